The number of anilines is 1. The molecule has 0 spiro atoms. The van der Waals surface area contributed by atoms with Gasteiger partial charge in [0.2, 0.25) is 0 Å². The number of aromatic nitrogens is 7. The number of nitrogens with one attached hydrogen (secondary N) is 1. The molecule has 4 heterocycles. The molecule has 1 amide bonds. The van der Waals surface area contributed by atoms with Crippen LogP contribution in [0.1, 0.15) is 10.4 Å². The van der Waals surface area contributed by atoms with E-state index in [1.165, 1.54) is 0 Å². The Morgan fingerprint density at radius 3 is 2.00 bits per heavy atom. The largest absolute Gasteiger partial charge is 0.320 e. The number of hydrogen-bond acceptors (Lipinski definition) is 5. The summed E-state index contributed by atoms with van der Waals surface area (Å²) in [7, 11) is 0. The van der Waals surface area contributed by atoms with Crippen LogP contribution in [0.2, 0.25) is 0 Å². The van der Waals surface area contributed by atoms with Crippen LogP contribution in [0.3, 0.4) is 0 Å². The number of pyridine rings is 1. The van der Waals surface area contributed by atoms with E-state index in [4.69, 9.17) is 0 Å². The van der Waals surface area contributed by atoms with Gasteiger partial charge in [0.15, 0.2) is 0 Å². The molecule has 6 rings (SSSR count). The maximum Gasteiger partial charge on any atom is 0.259 e. The SMILES string of the molecule is O=C(Nc1cccc2c(-n3ccnc3)c(Br)cnc12)c1c(-n2ccnc2)cccc1-n1ccnc1. The van der Waals surface area contributed by atoms with Gasteiger partial charge in [0.05, 0.1) is 57.3 Å². The van der Waals surface area contributed by atoms with E-state index in [-0.39, 0.29) is 5.91 Å². The van der Waals surface area contributed by atoms with Crippen molar-refractivity contribution in [2.24, 2.45) is 0 Å². The smallest absolute Gasteiger partial charge is 0.259 e. The Morgan fingerprint density at radius 2 is 1.40 bits per heavy atom. The third kappa shape index (κ3) is 3.69. The molecule has 0 atom stereocenters. The van der Waals surface area contributed by atoms with Gasteiger partial charge in [-0.25, -0.2) is 15.0 Å². The second-order valence-corrected chi connectivity index (χ2v) is 8.55. The Hall–Kier alpha value is -4.57. The van der Waals surface area contributed by atoms with Gasteiger partial charge in [0, 0.05) is 48.8 Å². The van der Waals surface area contributed by atoms with Gasteiger partial charge in [0.25, 0.3) is 5.91 Å². The van der Waals surface area contributed by atoms with Crippen molar-refractivity contribution in [3.05, 3.63) is 109 Å². The van der Waals surface area contributed by atoms with Gasteiger partial charge in [0.1, 0.15) is 0 Å². The number of benzene rings is 2. The zero-order chi connectivity index (χ0) is 23.8. The van der Waals surface area contributed by atoms with Crippen molar-refractivity contribution < 1.29 is 4.79 Å². The van der Waals surface area contributed by atoms with Crippen molar-refractivity contribution in [3.8, 4) is 17.1 Å². The molecule has 2 aromatic carbocycles. The molecular formula is C25H17BrN8O. The van der Waals surface area contributed by atoms with E-state index in [0.29, 0.717) is 28.1 Å². The van der Waals surface area contributed by atoms with Gasteiger partial charge in [-0.1, -0.05) is 18.2 Å². The summed E-state index contributed by atoms with van der Waals surface area (Å²) in [6.45, 7) is 0. The van der Waals surface area contributed by atoms with E-state index >= 15 is 0 Å². The first kappa shape index (κ1) is 21.0. The molecule has 0 unspecified atom stereocenters. The van der Waals surface area contributed by atoms with Gasteiger partial charge < -0.3 is 19.0 Å². The third-order valence-corrected chi connectivity index (χ3v) is 6.23. The average molecular weight is 525 g/mol. The summed E-state index contributed by atoms with van der Waals surface area (Å²) < 4.78 is 6.35. The number of rotatable bonds is 5. The van der Waals surface area contributed by atoms with Crippen LogP contribution in [0.15, 0.2) is 103 Å². The Morgan fingerprint density at radius 1 is 0.800 bits per heavy atom. The highest BCUT2D eigenvalue weighted by Crippen LogP contribution is 2.32. The van der Waals surface area contributed by atoms with Crippen molar-refractivity contribution in [1.82, 2.24) is 33.6 Å². The number of para-hydroxylation sites is 1. The number of carbonyl (C=O) groups excluding carboxylic acids is 1. The van der Waals surface area contributed by atoms with Crippen molar-refractivity contribution in [2.75, 3.05) is 5.32 Å². The molecule has 1 N–H and O–H groups in total. The lowest BCUT2D eigenvalue weighted by Crippen LogP contribution is -2.18. The summed E-state index contributed by atoms with van der Waals surface area (Å²) in [4.78, 5) is 30.9. The molecule has 0 saturated heterocycles. The molecule has 0 bridgehead atoms. The fourth-order valence-electron chi connectivity index (χ4n) is 4.12. The molecule has 6 aromatic rings. The molecule has 0 aliphatic carbocycles. The van der Waals surface area contributed by atoms with E-state index in [2.05, 4.69) is 41.2 Å². The second-order valence-electron chi connectivity index (χ2n) is 7.69. The fraction of sp³-hybridized carbons (Fsp3) is 0. The number of imidazole rings is 3. The normalized spacial score (nSPS) is 11.1. The first-order valence-electron chi connectivity index (χ1n) is 10.7. The Balaban J connectivity index is 1.49. The summed E-state index contributed by atoms with van der Waals surface area (Å²) in [5.41, 5.74) is 4.02. The minimum atomic E-state index is -0.278. The van der Waals surface area contributed by atoms with Crippen LogP contribution in [0.25, 0.3) is 28.0 Å². The minimum Gasteiger partial charge on any atom is -0.320 e. The number of carbonyl (C=O) groups is 1. The molecule has 170 valence electrons. The molecule has 0 saturated carbocycles. The van der Waals surface area contributed by atoms with Crippen molar-refractivity contribution in [3.63, 3.8) is 0 Å². The standard InChI is InChI=1S/C25H17BrN8O/c26-18-13-30-23-17(24(18)34-12-9-29-16-34)3-1-4-19(23)31-25(35)22-20(32-10-7-27-14-32)5-2-6-21(22)33-11-8-28-15-33/h1-16H,(H,31,35). The lowest BCUT2D eigenvalue weighted by atomic mass is 10.1. The Bertz CT molecular complexity index is 1590. The van der Waals surface area contributed by atoms with E-state index in [1.807, 2.05) is 56.3 Å². The summed E-state index contributed by atoms with van der Waals surface area (Å²) >= 11 is 3.60. The highest BCUT2D eigenvalue weighted by Gasteiger charge is 2.21. The number of nitrogens with zero attached hydrogens (tertiary/aromatic N) is 7. The highest BCUT2D eigenvalue weighted by molar-refractivity contribution is 9.10. The van der Waals surface area contributed by atoms with Crippen molar-refractivity contribution >= 4 is 38.4 Å². The van der Waals surface area contributed by atoms with Crippen LogP contribution >= 0.6 is 15.9 Å². The van der Waals surface area contributed by atoms with Crippen LogP contribution < -0.4 is 5.32 Å². The van der Waals surface area contributed by atoms with Crippen LogP contribution in [0.5, 0.6) is 0 Å². The second kappa shape index (κ2) is 8.65. The number of halogens is 1. The van der Waals surface area contributed by atoms with Gasteiger partial charge >= 0.3 is 0 Å². The first-order valence-corrected chi connectivity index (χ1v) is 11.5. The topological polar surface area (TPSA) is 95.5 Å². The quantitative estimate of drug-likeness (QED) is 0.349. The Labute approximate surface area is 207 Å². The predicted octanol–water partition coefficient (Wildman–Crippen LogP) is 4.81. The van der Waals surface area contributed by atoms with Crippen molar-refractivity contribution in [2.45, 2.75) is 0 Å². The van der Waals surface area contributed by atoms with Crippen molar-refractivity contribution in [1.29, 1.82) is 0 Å². The maximum atomic E-state index is 13.8. The van der Waals surface area contributed by atoms with E-state index in [0.717, 1.165) is 15.5 Å². The first-order chi connectivity index (χ1) is 17.2. The van der Waals surface area contributed by atoms with Crippen LogP contribution in [-0.4, -0.2) is 39.5 Å². The van der Waals surface area contributed by atoms with Crippen LogP contribution in [0.4, 0.5) is 5.69 Å². The summed E-state index contributed by atoms with van der Waals surface area (Å²) in [5.74, 6) is -0.278. The van der Waals surface area contributed by atoms with Crippen LogP contribution in [0, 0.1) is 0 Å². The molecule has 10 heteroatoms. The predicted molar refractivity (Wildman–Crippen MR) is 135 cm³/mol. The van der Waals surface area contributed by atoms with Gasteiger partial charge in [-0.3, -0.25) is 9.78 Å². The number of fused-ring (bicyclic) bond motifs is 1. The van der Waals surface area contributed by atoms with E-state index in [9.17, 15) is 4.79 Å². The number of amides is 1. The Kier molecular flexibility index (Phi) is 5.19. The zero-order valence-corrected chi connectivity index (χ0v) is 19.7. The monoisotopic (exact) mass is 524 g/mol. The molecule has 0 aliphatic rings. The summed E-state index contributed by atoms with van der Waals surface area (Å²) in [5, 5.41) is 3.96. The summed E-state index contributed by atoms with van der Waals surface area (Å²) in [6.07, 6.45) is 17.3. The molecule has 35 heavy (non-hydrogen) atoms. The van der Waals surface area contributed by atoms with E-state index in [1.54, 1.807) is 56.2 Å². The fourth-order valence-corrected chi connectivity index (χ4v) is 4.64. The molecule has 0 fully saturated rings. The van der Waals surface area contributed by atoms with E-state index < -0.39 is 0 Å². The average Bonchev–Trinajstić information content (AvgIpc) is 3.67. The molecular weight excluding hydrogens is 508 g/mol. The minimum absolute atomic E-state index is 0.278. The third-order valence-electron chi connectivity index (χ3n) is 5.65. The van der Waals surface area contributed by atoms with Gasteiger partial charge in [-0.2, -0.15) is 0 Å². The van der Waals surface area contributed by atoms with Crippen LogP contribution in [-0.2, 0) is 0 Å². The lowest BCUT2D eigenvalue weighted by molar-refractivity contribution is 0.102. The molecule has 0 aliphatic heterocycles. The summed E-state index contributed by atoms with van der Waals surface area (Å²) in [6, 6.07) is 11.4. The molecule has 4 aromatic heterocycles. The molecule has 0 radical (unpaired) electrons. The highest BCUT2D eigenvalue weighted by atomic mass is 79.9. The lowest BCUT2D eigenvalue weighted by Gasteiger charge is -2.17. The maximum absolute atomic E-state index is 13.8. The number of hydrogen-bond donors (Lipinski definition) is 1. The van der Waals surface area contributed by atoms with Gasteiger partial charge in [-0.15, -0.1) is 0 Å². The molecule has 9 nitrogen and oxygen atoms in total. The zero-order valence-electron chi connectivity index (χ0n) is 18.2. The van der Waals surface area contributed by atoms with Gasteiger partial charge in [-0.05, 0) is 34.1 Å².